The third-order valence-corrected chi connectivity index (χ3v) is 8.14. The van der Waals surface area contributed by atoms with Crippen LogP contribution in [0.3, 0.4) is 0 Å². The topological polar surface area (TPSA) is 129 Å². The van der Waals surface area contributed by atoms with E-state index in [2.05, 4.69) is 25.8 Å². The van der Waals surface area contributed by atoms with E-state index in [1.807, 2.05) is 59.4 Å². The second-order valence-corrected chi connectivity index (χ2v) is 11.5. The standard InChI is InChI=1S/C35H40N6O6/c1-44-31-10-5-9-28-33(31)47-18-6-15-41-24-27(38-39-41)13-16-40(23-26-11-12-30-32(22-26)46-20-19-45-30)17-14-36-35(43)29(37-34(28)42)21-25-7-3-2-4-8-25/h2-5,7-12,22,24,29H,6,13-21,23H2,1H3,(H,36,43)(H,37,42)/t29-/m0/s1. The second kappa shape index (κ2) is 15.5. The number of rotatable bonds is 5. The van der Waals surface area contributed by atoms with E-state index in [0.29, 0.717) is 88.9 Å². The predicted molar refractivity (Wildman–Crippen MR) is 174 cm³/mol. The summed E-state index contributed by atoms with van der Waals surface area (Å²) in [7, 11) is 1.53. The number of aromatic nitrogens is 3. The molecule has 12 heteroatoms. The summed E-state index contributed by atoms with van der Waals surface area (Å²) in [5, 5.41) is 14.7. The lowest BCUT2D eigenvalue weighted by molar-refractivity contribution is -0.123. The first-order chi connectivity index (χ1) is 23.1. The molecule has 1 aromatic heterocycles. The number of hydrogen-bond donors (Lipinski definition) is 2. The van der Waals surface area contributed by atoms with Crippen LogP contribution in [-0.4, -0.2) is 84.3 Å². The third kappa shape index (κ3) is 8.39. The van der Waals surface area contributed by atoms with Crippen molar-refractivity contribution in [3.8, 4) is 23.0 Å². The number of nitrogens with one attached hydrogen (secondary N) is 2. The van der Waals surface area contributed by atoms with Crippen LogP contribution in [0.25, 0.3) is 0 Å². The van der Waals surface area contributed by atoms with Crippen LogP contribution in [0.5, 0.6) is 23.0 Å². The highest BCUT2D eigenvalue weighted by atomic mass is 16.6. The average molecular weight is 641 g/mol. The normalized spacial score (nSPS) is 17.9. The Morgan fingerprint density at radius 3 is 2.60 bits per heavy atom. The number of methoxy groups -OCH3 is 1. The number of nitrogens with zero attached hydrogens (tertiary/aromatic N) is 4. The van der Waals surface area contributed by atoms with Crippen molar-refractivity contribution in [1.29, 1.82) is 0 Å². The van der Waals surface area contributed by atoms with Crippen molar-refractivity contribution in [2.24, 2.45) is 0 Å². The number of aryl methyl sites for hydroxylation is 1. The summed E-state index contributed by atoms with van der Waals surface area (Å²) in [5.41, 5.74) is 3.18. The molecule has 0 unspecified atom stereocenters. The van der Waals surface area contributed by atoms with Crippen molar-refractivity contribution in [2.45, 2.75) is 38.4 Å². The Hall–Kier alpha value is -5.10. The summed E-state index contributed by atoms with van der Waals surface area (Å²) in [5.74, 6) is 1.57. The Kier molecular flexibility index (Phi) is 10.5. The molecule has 1 atom stereocenters. The third-order valence-electron chi connectivity index (χ3n) is 8.14. The molecule has 2 aliphatic rings. The number of hydrogen-bond acceptors (Lipinski definition) is 9. The smallest absolute Gasteiger partial charge is 0.255 e. The zero-order chi connectivity index (χ0) is 32.4. The molecule has 0 fully saturated rings. The summed E-state index contributed by atoms with van der Waals surface area (Å²) in [4.78, 5) is 29.7. The van der Waals surface area contributed by atoms with E-state index in [1.165, 1.54) is 7.11 Å². The van der Waals surface area contributed by atoms with Crippen molar-refractivity contribution in [3.63, 3.8) is 0 Å². The quantitative estimate of drug-likeness (QED) is 0.338. The number of para-hydroxylation sites is 1. The van der Waals surface area contributed by atoms with Gasteiger partial charge in [-0.3, -0.25) is 19.2 Å². The highest BCUT2D eigenvalue weighted by Gasteiger charge is 2.25. The van der Waals surface area contributed by atoms with Crippen LogP contribution in [-0.2, 0) is 30.7 Å². The Balaban J connectivity index is 1.24. The molecule has 2 bridgehead atoms. The van der Waals surface area contributed by atoms with Gasteiger partial charge in [0.05, 0.1) is 25.0 Å². The first kappa shape index (κ1) is 31.9. The first-order valence-corrected chi connectivity index (χ1v) is 16.0. The van der Waals surface area contributed by atoms with Crippen molar-refractivity contribution < 1.29 is 28.5 Å². The van der Waals surface area contributed by atoms with E-state index < -0.39 is 11.9 Å². The number of ether oxygens (including phenoxy) is 4. The fraction of sp³-hybridized carbons (Fsp3) is 0.371. The zero-order valence-electron chi connectivity index (χ0n) is 26.5. The predicted octanol–water partition coefficient (Wildman–Crippen LogP) is 3.04. The lowest BCUT2D eigenvalue weighted by Crippen LogP contribution is -2.49. The molecule has 2 aliphatic heterocycles. The fourth-order valence-corrected chi connectivity index (χ4v) is 5.71. The van der Waals surface area contributed by atoms with Crippen LogP contribution in [0.2, 0.25) is 0 Å². The van der Waals surface area contributed by atoms with Gasteiger partial charge in [0.2, 0.25) is 5.91 Å². The highest BCUT2D eigenvalue weighted by molar-refractivity contribution is 6.00. The monoisotopic (exact) mass is 640 g/mol. The van der Waals surface area contributed by atoms with Gasteiger partial charge in [-0.2, -0.15) is 0 Å². The molecule has 246 valence electrons. The summed E-state index contributed by atoms with van der Waals surface area (Å²) < 4.78 is 24.9. The summed E-state index contributed by atoms with van der Waals surface area (Å²) in [6.45, 7) is 4.28. The molecule has 2 N–H and O–H groups in total. The molecule has 2 amide bonds. The summed E-state index contributed by atoms with van der Waals surface area (Å²) in [6.07, 6.45) is 3.60. The highest BCUT2D eigenvalue weighted by Crippen LogP contribution is 2.32. The summed E-state index contributed by atoms with van der Waals surface area (Å²) >= 11 is 0. The van der Waals surface area contributed by atoms with E-state index >= 15 is 0 Å². The SMILES string of the molecule is COc1cccc2c1OCCCn1cc(nn1)CCN(Cc1ccc3c(c1)OCCO3)CCNC(=O)[C@H](Cc1ccccc1)NC2=O. The molecular formula is C35H40N6O6. The van der Waals surface area contributed by atoms with Crippen LogP contribution in [0, 0.1) is 0 Å². The first-order valence-electron chi connectivity index (χ1n) is 16.0. The summed E-state index contributed by atoms with van der Waals surface area (Å²) in [6, 6.07) is 20.0. The van der Waals surface area contributed by atoms with Gasteiger partial charge in [-0.1, -0.05) is 47.7 Å². The van der Waals surface area contributed by atoms with Gasteiger partial charge >= 0.3 is 0 Å². The van der Waals surface area contributed by atoms with Gasteiger partial charge < -0.3 is 29.6 Å². The van der Waals surface area contributed by atoms with Crippen molar-refractivity contribution in [3.05, 3.63) is 95.3 Å². The molecule has 12 nitrogen and oxygen atoms in total. The van der Waals surface area contributed by atoms with E-state index in [9.17, 15) is 9.59 Å². The molecule has 3 aromatic carbocycles. The van der Waals surface area contributed by atoms with E-state index in [-0.39, 0.29) is 5.91 Å². The minimum atomic E-state index is -0.814. The van der Waals surface area contributed by atoms with Gasteiger partial charge in [-0.05, 0) is 35.4 Å². The molecule has 4 aromatic rings. The molecule has 0 saturated carbocycles. The number of fused-ring (bicyclic) bond motifs is 4. The van der Waals surface area contributed by atoms with Crippen LogP contribution in [0.1, 0.15) is 33.6 Å². The van der Waals surface area contributed by atoms with Gasteiger partial charge in [0.15, 0.2) is 23.0 Å². The van der Waals surface area contributed by atoms with Crippen LogP contribution < -0.4 is 29.6 Å². The van der Waals surface area contributed by atoms with Crippen molar-refractivity contribution in [1.82, 2.24) is 30.5 Å². The van der Waals surface area contributed by atoms with Gasteiger partial charge in [0.1, 0.15) is 19.3 Å². The van der Waals surface area contributed by atoms with Crippen molar-refractivity contribution in [2.75, 3.05) is 46.6 Å². The zero-order valence-corrected chi connectivity index (χ0v) is 26.5. The maximum atomic E-state index is 13.7. The van der Waals surface area contributed by atoms with Crippen LogP contribution in [0.4, 0.5) is 0 Å². The van der Waals surface area contributed by atoms with E-state index in [4.69, 9.17) is 18.9 Å². The maximum Gasteiger partial charge on any atom is 0.255 e. The average Bonchev–Trinajstić information content (AvgIpc) is 3.56. The Bertz CT molecular complexity index is 1660. The van der Waals surface area contributed by atoms with Gasteiger partial charge in [0, 0.05) is 58.2 Å². The number of carbonyl (C=O) groups excluding carboxylic acids is 2. The maximum absolute atomic E-state index is 13.7. The van der Waals surface area contributed by atoms with Crippen LogP contribution >= 0.6 is 0 Å². The van der Waals surface area contributed by atoms with Crippen molar-refractivity contribution >= 4 is 11.8 Å². The fourth-order valence-electron chi connectivity index (χ4n) is 5.71. The minimum Gasteiger partial charge on any atom is -0.493 e. The molecule has 0 spiro atoms. The molecule has 0 saturated heterocycles. The minimum absolute atomic E-state index is 0.271. The molecule has 0 radical (unpaired) electrons. The Morgan fingerprint density at radius 2 is 1.74 bits per heavy atom. The second-order valence-electron chi connectivity index (χ2n) is 11.5. The van der Waals surface area contributed by atoms with Gasteiger partial charge in [-0.25, -0.2) is 0 Å². The van der Waals surface area contributed by atoms with E-state index in [1.54, 1.807) is 18.2 Å². The number of amides is 2. The lowest BCUT2D eigenvalue weighted by atomic mass is 10.0. The lowest BCUT2D eigenvalue weighted by Gasteiger charge is -2.25. The molecule has 6 rings (SSSR count). The molecule has 0 aliphatic carbocycles. The molecule has 47 heavy (non-hydrogen) atoms. The van der Waals surface area contributed by atoms with Gasteiger partial charge in [-0.15, -0.1) is 5.10 Å². The largest absolute Gasteiger partial charge is 0.493 e. The van der Waals surface area contributed by atoms with Gasteiger partial charge in [0.25, 0.3) is 5.91 Å². The Morgan fingerprint density at radius 1 is 0.894 bits per heavy atom. The molecular weight excluding hydrogens is 600 g/mol. The molecule has 3 heterocycles. The number of benzene rings is 3. The van der Waals surface area contributed by atoms with E-state index in [0.717, 1.165) is 28.3 Å². The Labute approximate surface area is 273 Å². The number of carbonyl (C=O) groups is 2. The van der Waals surface area contributed by atoms with Crippen LogP contribution in [0.15, 0.2) is 72.9 Å².